The van der Waals surface area contributed by atoms with Gasteiger partial charge in [-0.25, -0.2) is 23.1 Å². The van der Waals surface area contributed by atoms with E-state index in [2.05, 4.69) is 15.3 Å². The number of aromatic nitrogens is 2. The van der Waals surface area contributed by atoms with Crippen LogP contribution in [-0.2, 0) is 10.0 Å². The SMILES string of the molecule is Cc1cc([C@@H](C)Nc2ccc(Cl)nc2C(=O)NS(C)(=O)=O)c2oc(-c3cccc4ocnc34)c(C)c(=O)c2c1. The summed E-state index contributed by atoms with van der Waals surface area (Å²) in [6.45, 7) is 5.39. The van der Waals surface area contributed by atoms with Crippen LogP contribution in [0.5, 0.6) is 0 Å². The zero-order valence-electron chi connectivity index (χ0n) is 21.3. The fourth-order valence-corrected chi connectivity index (χ4v) is 5.05. The Hall–Kier alpha value is -4.22. The number of nitrogens with zero attached hydrogens (tertiary/aromatic N) is 2. The first-order valence-corrected chi connectivity index (χ1v) is 14.1. The average molecular weight is 567 g/mol. The number of amides is 1. The van der Waals surface area contributed by atoms with Gasteiger partial charge in [-0.2, -0.15) is 0 Å². The third kappa shape index (κ3) is 5.10. The van der Waals surface area contributed by atoms with Crippen LogP contribution in [0.25, 0.3) is 33.4 Å². The van der Waals surface area contributed by atoms with Gasteiger partial charge < -0.3 is 14.2 Å². The van der Waals surface area contributed by atoms with Gasteiger partial charge >= 0.3 is 0 Å². The third-order valence-electron chi connectivity index (χ3n) is 6.19. The van der Waals surface area contributed by atoms with Crippen molar-refractivity contribution >= 4 is 55.3 Å². The van der Waals surface area contributed by atoms with E-state index in [9.17, 15) is 18.0 Å². The lowest BCUT2D eigenvalue weighted by atomic mass is 9.98. The predicted molar refractivity (Wildman–Crippen MR) is 149 cm³/mol. The maximum atomic E-state index is 13.5. The molecule has 0 aliphatic heterocycles. The first-order valence-electron chi connectivity index (χ1n) is 11.8. The van der Waals surface area contributed by atoms with E-state index >= 15 is 0 Å². The molecule has 39 heavy (non-hydrogen) atoms. The Morgan fingerprint density at radius 3 is 2.64 bits per heavy atom. The molecule has 0 saturated heterocycles. The van der Waals surface area contributed by atoms with Crippen LogP contribution in [0.4, 0.5) is 5.69 Å². The predicted octanol–water partition coefficient (Wildman–Crippen LogP) is 5.13. The molecule has 2 aromatic carbocycles. The molecule has 12 heteroatoms. The molecule has 1 amide bonds. The van der Waals surface area contributed by atoms with Crippen molar-refractivity contribution in [2.45, 2.75) is 26.8 Å². The van der Waals surface area contributed by atoms with Gasteiger partial charge in [0.05, 0.1) is 23.4 Å². The van der Waals surface area contributed by atoms with E-state index in [4.69, 9.17) is 20.4 Å². The summed E-state index contributed by atoms with van der Waals surface area (Å²) in [5.41, 5.74) is 3.84. The number of halogens is 1. The van der Waals surface area contributed by atoms with Crippen LogP contribution < -0.4 is 15.5 Å². The second kappa shape index (κ2) is 9.83. The zero-order valence-corrected chi connectivity index (χ0v) is 22.9. The highest BCUT2D eigenvalue weighted by atomic mass is 35.5. The number of aryl methyl sites for hydroxylation is 1. The van der Waals surface area contributed by atoms with Crippen LogP contribution in [0.1, 0.15) is 40.1 Å². The Labute approximate surface area is 228 Å². The minimum atomic E-state index is -3.84. The van der Waals surface area contributed by atoms with E-state index in [1.165, 1.54) is 18.5 Å². The quantitative estimate of drug-likeness (QED) is 0.267. The zero-order chi connectivity index (χ0) is 28.1. The number of sulfonamides is 1. The standard InChI is InChI=1S/C27H23ClN4O6S/c1-13-10-17(15(3)30-19-8-9-21(28)31-23(19)27(34)32-39(4,35)36)26-18(11-13)24(33)14(2)25(38-26)16-6-5-7-20-22(16)29-12-37-20/h5-12,15,30H,1-4H3,(H,32,34)/t15-/m1/s1. The Morgan fingerprint density at radius 2 is 1.90 bits per heavy atom. The minimum absolute atomic E-state index is 0.0148. The van der Waals surface area contributed by atoms with E-state index in [0.29, 0.717) is 44.5 Å². The Kier molecular flexibility index (Phi) is 6.65. The van der Waals surface area contributed by atoms with Gasteiger partial charge in [0.15, 0.2) is 23.1 Å². The van der Waals surface area contributed by atoms with E-state index in [1.54, 1.807) is 25.1 Å². The van der Waals surface area contributed by atoms with Gasteiger partial charge in [0.1, 0.15) is 22.0 Å². The molecule has 0 unspecified atom stereocenters. The van der Waals surface area contributed by atoms with Crippen LogP contribution in [0.2, 0.25) is 5.15 Å². The Morgan fingerprint density at radius 1 is 1.13 bits per heavy atom. The van der Waals surface area contributed by atoms with Crippen LogP contribution in [0.3, 0.4) is 0 Å². The van der Waals surface area contributed by atoms with Crippen molar-refractivity contribution in [2.75, 3.05) is 11.6 Å². The highest BCUT2D eigenvalue weighted by Gasteiger charge is 2.23. The molecule has 3 aromatic heterocycles. The molecule has 0 saturated carbocycles. The van der Waals surface area contributed by atoms with Crippen LogP contribution >= 0.6 is 11.6 Å². The Bertz CT molecular complexity index is 1950. The average Bonchev–Trinajstić information content (AvgIpc) is 3.35. The summed E-state index contributed by atoms with van der Waals surface area (Å²) >= 11 is 6.00. The monoisotopic (exact) mass is 566 g/mol. The fraction of sp³-hybridized carbons (Fsp3) is 0.185. The second-order valence-corrected chi connectivity index (χ2v) is 11.4. The molecule has 2 N–H and O–H groups in total. The van der Waals surface area contributed by atoms with E-state index < -0.39 is 22.0 Å². The summed E-state index contributed by atoms with van der Waals surface area (Å²) in [6.07, 6.45) is 2.20. The molecule has 0 fully saturated rings. The topological polar surface area (TPSA) is 144 Å². The van der Waals surface area contributed by atoms with Crippen LogP contribution in [-0.4, -0.2) is 30.5 Å². The maximum Gasteiger partial charge on any atom is 0.285 e. The number of hydrogen-bond donors (Lipinski definition) is 2. The molecule has 10 nitrogen and oxygen atoms in total. The number of fused-ring (bicyclic) bond motifs is 2. The maximum absolute atomic E-state index is 13.5. The van der Waals surface area contributed by atoms with E-state index in [0.717, 1.165) is 11.8 Å². The van der Waals surface area contributed by atoms with Crippen molar-refractivity contribution < 1.29 is 22.0 Å². The van der Waals surface area contributed by atoms with Gasteiger partial charge in [-0.3, -0.25) is 9.59 Å². The summed E-state index contributed by atoms with van der Waals surface area (Å²) < 4.78 is 37.0. The molecule has 200 valence electrons. The largest absolute Gasteiger partial charge is 0.455 e. The number of benzene rings is 2. The van der Waals surface area contributed by atoms with Crippen LogP contribution in [0, 0.1) is 13.8 Å². The van der Waals surface area contributed by atoms with Crippen molar-refractivity contribution in [3.63, 3.8) is 0 Å². The van der Waals surface area contributed by atoms with Gasteiger partial charge in [0.25, 0.3) is 5.91 Å². The first-order chi connectivity index (χ1) is 18.4. The van der Waals surface area contributed by atoms with Crippen molar-refractivity contribution in [1.29, 1.82) is 0 Å². The van der Waals surface area contributed by atoms with Crippen molar-refractivity contribution in [2.24, 2.45) is 0 Å². The van der Waals surface area contributed by atoms with Gasteiger partial charge in [-0.15, -0.1) is 0 Å². The number of oxazole rings is 1. The Balaban J connectivity index is 1.65. The minimum Gasteiger partial charge on any atom is -0.455 e. The molecule has 0 aliphatic rings. The molecule has 5 rings (SSSR count). The second-order valence-electron chi connectivity index (χ2n) is 9.22. The normalized spacial score (nSPS) is 12.5. The number of para-hydroxylation sites is 1. The third-order valence-corrected chi connectivity index (χ3v) is 6.96. The molecule has 0 aliphatic carbocycles. The first kappa shape index (κ1) is 26.4. The smallest absolute Gasteiger partial charge is 0.285 e. The number of anilines is 1. The molecular formula is C27H23ClN4O6S. The molecule has 0 radical (unpaired) electrons. The highest BCUT2D eigenvalue weighted by molar-refractivity contribution is 7.89. The van der Waals surface area contributed by atoms with Gasteiger partial charge in [-0.05, 0) is 56.7 Å². The number of carbonyl (C=O) groups excluding carboxylic acids is 1. The lowest BCUT2D eigenvalue weighted by Gasteiger charge is -2.20. The van der Waals surface area contributed by atoms with Crippen molar-refractivity contribution in [1.82, 2.24) is 14.7 Å². The van der Waals surface area contributed by atoms with Gasteiger partial charge in [0.2, 0.25) is 10.0 Å². The summed E-state index contributed by atoms with van der Waals surface area (Å²) in [4.78, 5) is 34.5. The molecule has 0 spiro atoms. The molecule has 5 aromatic rings. The number of pyridine rings is 1. The molecular weight excluding hydrogens is 544 g/mol. The van der Waals surface area contributed by atoms with Crippen molar-refractivity contribution in [3.8, 4) is 11.3 Å². The van der Waals surface area contributed by atoms with Gasteiger partial charge in [-0.1, -0.05) is 23.7 Å². The number of carbonyl (C=O) groups is 1. The van der Waals surface area contributed by atoms with E-state index in [1.807, 2.05) is 30.7 Å². The lowest BCUT2D eigenvalue weighted by Crippen LogP contribution is -2.31. The summed E-state index contributed by atoms with van der Waals surface area (Å²) in [5.74, 6) is -0.570. The summed E-state index contributed by atoms with van der Waals surface area (Å²) in [6, 6.07) is 11.5. The number of nitrogens with one attached hydrogen (secondary N) is 2. The van der Waals surface area contributed by atoms with Crippen molar-refractivity contribution in [3.05, 3.63) is 86.6 Å². The molecule has 3 heterocycles. The van der Waals surface area contributed by atoms with Gasteiger partial charge in [0, 0.05) is 16.7 Å². The molecule has 0 bridgehead atoms. The van der Waals surface area contributed by atoms with E-state index in [-0.39, 0.29) is 22.0 Å². The highest BCUT2D eigenvalue weighted by Crippen LogP contribution is 2.35. The van der Waals surface area contributed by atoms with Crippen LogP contribution in [0.15, 0.2) is 62.5 Å². The number of hydrogen-bond acceptors (Lipinski definition) is 9. The molecule has 1 atom stereocenters. The lowest BCUT2D eigenvalue weighted by molar-refractivity contribution is 0.0977. The summed E-state index contributed by atoms with van der Waals surface area (Å²) in [5, 5.41) is 3.61. The summed E-state index contributed by atoms with van der Waals surface area (Å²) in [7, 11) is -3.84. The fourth-order valence-electron chi connectivity index (χ4n) is 4.47. The number of rotatable bonds is 6.